The number of halogens is 5. The summed E-state index contributed by atoms with van der Waals surface area (Å²) in [7, 11) is -4.28. The SMILES string of the molecule is O=S(=O)(Nc1cc(F)c(OC(F)F)cc1F)c1c[nH]c2cc(Cl)sc12. The zero-order valence-corrected chi connectivity index (χ0v) is 14.2. The molecule has 2 heterocycles. The van der Waals surface area contributed by atoms with Crippen molar-refractivity contribution >= 4 is 48.9 Å². The Labute approximate surface area is 147 Å². The van der Waals surface area contributed by atoms with Gasteiger partial charge in [-0.25, -0.2) is 17.2 Å². The number of aromatic nitrogens is 1. The van der Waals surface area contributed by atoms with Crippen molar-refractivity contribution < 1.29 is 30.7 Å². The monoisotopic (exact) mass is 414 g/mol. The van der Waals surface area contributed by atoms with Crippen LogP contribution in [-0.2, 0) is 10.0 Å². The summed E-state index contributed by atoms with van der Waals surface area (Å²) in [6, 6.07) is 2.25. The van der Waals surface area contributed by atoms with Crippen LogP contribution in [-0.4, -0.2) is 20.0 Å². The van der Waals surface area contributed by atoms with E-state index in [9.17, 15) is 26.0 Å². The molecular weight excluding hydrogens is 408 g/mol. The summed E-state index contributed by atoms with van der Waals surface area (Å²) in [4.78, 5) is 2.48. The summed E-state index contributed by atoms with van der Waals surface area (Å²) in [6.45, 7) is -3.35. The van der Waals surface area contributed by atoms with E-state index in [-0.39, 0.29) is 4.90 Å². The molecule has 0 spiro atoms. The van der Waals surface area contributed by atoms with Crippen molar-refractivity contribution in [2.45, 2.75) is 11.5 Å². The zero-order chi connectivity index (χ0) is 18.4. The summed E-state index contributed by atoms with van der Waals surface area (Å²) < 4.78 is 82.9. The second-order valence-corrected chi connectivity index (χ2v) is 8.03. The second-order valence-electron chi connectivity index (χ2n) is 4.69. The maximum Gasteiger partial charge on any atom is 0.387 e. The van der Waals surface area contributed by atoms with E-state index < -0.39 is 39.7 Å². The van der Waals surface area contributed by atoms with Crippen molar-refractivity contribution in [1.29, 1.82) is 0 Å². The first-order valence-electron chi connectivity index (χ1n) is 6.40. The van der Waals surface area contributed by atoms with Crippen molar-refractivity contribution in [2.75, 3.05) is 4.72 Å². The molecule has 0 bridgehead atoms. The third kappa shape index (κ3) is 3.53. The topological polar surface area (TPSA) is 71.2 Å². The van der Waals surface area contributed by atoms with Crippen LogP contribution in [0.25, 0.3) is 10.2 Å². The number of aromatic amines is 1. The Morgan fingerprint density at radius 2 is 1.92 bits per heavy atom. The Hall–Kier alpha value is -1.98. The number of H-pyrrole nitrogens is 1. The normalized spacial score (nSPS) is 12.1. The van der Waals surface area contributed by atoms with Gasteiger partial charge in [0.25, 0.3) is 10.0 Å². The lowest BCUT2D eigenvalue weighted by Crippen LogP contribution is -2.14. The maximum atomic E-state index is 13.9. The van der Waals surface area contributed by atoms with E-state index >= 15 is 0 Å². The number of ether oxygens (including phenoxy) is 1. The fourth-order valence-corrected chi connectivity index (χ4v) is 4.73. The van der Waals surface area contributed by atoms with Crippen LogP contribution >= 0.6 is 22.9 Å². The van der Waals surface area contributed by atoms with Crippen LogP contribution in [0.15, 0.2) is 29.3 Å². The van der Waals surface area contributed by atoms with Crippen molar-refractivity contribution in [2.24, 2.45) is 0 Å². The fraction of sp³-hybridized carbons (Fsp3) is 0.0769. The highest BCUT2D eigenvalue weighted by molar-refractivity contribution is 7.93. The Balaban J connectivity index is 1.97. The van der Waals surface area contributed by atoms with Crippen LogP contribution in [0.1, 0.15) is 0 Å². The molecule has 2 aromatic heterocycles. The van der Waals surface area contributed by atoms with Gasteiger partial charge in [0, 0.05) is 18.3 Å². The summed E-state index contributed by atoms with van der Waals surface area (Å²) in [5.41, 5.74) is -0.293. The van der Waals surface area contributed by atoms with Crippen LogP contribution < -0.4 is 9.46 Å². The van der Waals surface area contributed by atoms with Gasteiger partial charge in [-0.1, -0.05) is 11.6 Å². The minimum absolute atomic E-state index is 0.216. The van der Waals surface area contributed by atoms with Crippen molar-refractivity contribution in [3.63, 3.8) is 0 Å². The van der Waals surface area contributed by atoms with Gasteiger partial charge in [0.15, 0.2) is 17.4 Å². The molecule has 12 heteroatoms. The molecule has 0 saturated heterocycles. The van der Waals surface area contributed by atoms with Gasteiger partial charge in [0.05, 0.1) is 20.2 Å². The minimum atomic E-state index is -4.28. The highest BCUT2D eigenvalue weighted by atomic mass is 35.5. The first-order valence-corrected chi connectivity index (χ1v) is 9.08. The molecule has 0 fully saturated rings. The molecule has 0 aliphatic heterocycles. The molecule has 3 rings (SSSR count). The van der Waals surface area contributed by atoms with Crippen LogP contribution in [0.5, 0.6) is 5.75 Å². The number of alkyl halides is 2. The zero-order valence-electron chi connectivity index (χ0n) is 11.8. The van der Waals surface area contributed by atoms with E-state index in [0.29, 0.717) is 26.7 Å². The van der Waals surface area contributed by atoms with Crippen LogP contribution in [0.2, 0.25) is 4.34 Å². The molecule has 25 heavy (non-hydrogen) atoms. The standard InChI is InChI=1S/C13H7ClF4N2O3S2/c14-11-3-8-12(24-11)10(4-19-8)25(21,22)20-7-1-6(16)9(2-5(7)15)23-13(17)18/h1-4,13,19-20H. The van der Waals surface area contributed by atoms with Gasteiger partial charge in [-0.3, -0.25) is 4.72 Å². The van der Waals surface area contributed by atoms with Gasteiger partial charge in [0.2, 0.25) is 0 Å². The number of sulfonamides is 1. The molecule has 0 unspecified atom stereocenters. The third-order valence-electron chi connectivity index (χ3n) is 3.06. The van der Waals surface area contributed by atoms with Gasteiger partial charge in [-0.2, -0.15) is 8.78 Å². The molecule has 0 amide bonds. The summed E-state index contributed by atoms with van der Waals surface area (Å²) in [6.07, 6.45) is 1.17. The lowest BCUT2D eigenvalue weighted by Gasteiger charge is -2.11. The molecule has 0 aliphatic rings. The Morgan fingerprint density at radius 1 is 1.20 bits per heavy atom. The molecule has 5 nitrogen and oxygen atoms in total. The van der Waals surface area contributed by atoms with Gasteiger partial charge >= 0.3 is 6.61 Å². The highest BCUT2D eigenvalue weighted by Crippen LogP contribution is 2.35. The number of nitrogens with one attached hydrogen (secondary N) is 2. The molecule has 0 atom stereocenters. The summed E-state index contributed by atoms with van der Waals surface area (Å²) in [5, 5.41) is 0. The maximum absolute atomic E-state index is 13.9. The van der Waals surface area contributed by atoms with Gasteiger partial charge in [-0.15, -0.1) is 11.3 Å². The summed E-state index contributed by atoms with van der Waals surface area (Å²) in [5.74, 6) is -3.67. The quantitative estimate of drug-likeness (QED) is 0.601. The third-order valence-corrected chi connectivity index (χ3v) is 5.87. The molecular formula is C13H7ClF4N2O3S2. The van der Waals surface area contributed by atoms with Crippen LogP contribution in [0.3, 0.4) is 0 Å². The highest BCUT2D eigenvalue weighted by Gasteiger charge is 2.24. The van der Waals surface area contributed by atoms with E-state index in [1.165, 1.54) is 12.3 Å². The number of rotatable bonds is 5. The van der Waals surface area contributed by atoms with E-state index in [1.54, 1.807) is 0 Å². The molecule has 0 radical (unpaired) electrons. The molecule has 1 aromatic carbocycles. The average molecular weight is 415 g/mol. The fourth-order valence-electron chi connectivity index (χ4n) is 2.05. The Kier molecular flexibility index (Phi) is 4.56. The van der Waals surface area contributed by atoms with Crippen molar-refractivity contribution in [3.05, 3.63) is 40.4 Å². The lowest BCUT2D eigenvalue weighted by molar-refractivity contribution is -0.0523. The second kappa shape index (κ2) is 6.39. The molecule has 134 valence electrons. The van der Waals surface area contributed by atoms with Crippen LogP contribution in [0, 0.1) is 11.6 Å². The number of hydrogen-bond donors (Lipinski definition) is 2. The predicted molar refractivity (Wildman–Crippen MR) is 85.0 cm³/mol. The Morgan fingerprint density at radius 3 is 2.60 bits per heavy atom. The number of benzene rings is 1. The summed E-state index contributed by atoms with van der Waals surface area (Å²) >= 11 is 6.79. The number of anilines is 1. The molecule has 2 N–H and O–H groups in total. The lowest BCUT2D eigenvalue weighted by atomic mass is 10.3. The Bertz CT molecular complexity index is 1050. The number of thiophene rings is 1. The van der Waals surface area contributed by atoms with E-state index in [2.05, 4.69) is 9.72 Å². The number of hydrogen-bond acceptors (Lipinski definition) is 4. The molecule has 0 saturated carbocycles. The molecule has 0 aliphatic carbocycles. The first kappa shape index (κ1) is 17.8. The van der Waals surface area contributed by atoms with E-state index in [4.69, 9.17) is 11.6 Å². The van der Waals surface area contributed by atoms with Crippen molar-refractivity contribution in [3.8, 4) is 5.75 Å². The van der Waals surface area contributed by atoms with E-state index in [1.807, 2.05) is 4.72 Å². The number of fused-ring (bicyclic) bond motifs is 1. The van der Waals surface area contributed by atoms with E-state index in [0.717, 1.165) is 11.3 Å². The van der Waals surface area contributed by atoms with Crippen LogP contribution in [0.4, 0.5) is 23.2 Å². The van der Waals surface area contributed by atoms with Crippen molar-refractivity contribution in [1.82, 2.24) is 4.98 Å². The average Bonchev–Trinajstić information content (AvgIpc) is 3.02. The molecule has 3 aromatic rings. The smallest absolute Gasteiger partial charge is 0.387 e. The predicted octanol–water partition coefficient (Wildman–Crippen LogP) is 4.56. The minimum Gasteiger partial charge on any atom is -0.432 e. The van der Waals surface area contributed by atoms with Gasteiger partial charge in [-0.05, 0) is 6.07 Å². The van der Waals surface area contributed by atoms with Gasteiger partial charge < -0.3 is 9.72 Å². The largest absolute Gasteiger partial charge is 0.432 e. The first-order chi connectivity index (χ1) is 11.7. The van der Waals surface area contributed by atoms with Gasteiger partial charge in [0.1, 0.15) is 4.90 Å².